The van der Waals surface area contributed by atoms with Crippen molar-refractivity contribution in [2.45, 2.75) is 31.5 Å². The van der Waals surface area contributed by atoms with E-state index in [2.05, 4.69) is 15.6 Å². The Morgan fingerprint density at radius 1 is 1.14 bits per heavy atom. The Morgan fingerprint density at radius 3 is 2.54 bits per heavy atom. The fourth-order valence-corrected chi connectivity index (χ4v) is 4.19. The van der Waals surface area contributed by atoms with E-state index < -0.39 is 34.4 Å². The summed E-state index contributed by atoms with van der Waals surface area (Å²) in [6.07, 6.45) is -2.33. The van der Waals surface area contributed by atoms with E-state index in [1.807, 2.05) is 0 Å². The standard InChI is InChI=1S/C22H21F3N4O5S/c1-14-4-5-15(2)19(10-14)35(31,32)34-17-7-6-16(11-18(17)33-3)12-26-27-21(30)13-29-9-8-20(28-29)22(23,24)25/h4-12H,13H2,1-3H3,(H,27,30)/b26-12-. The number of rotatable bonds is 8. The first-order chi connectivity index (χ1) is 16.4. The molecule has 0 aliphatic rings. The van der Waals surface area contributed by atoms with Crippen molar-refractivity contribution in [1.29, 1.82) is 0 Å². The highest BCUT2D eigenvalue weighted by Gasteiger charge is 2.33. The molecule has 1 amide bonds. The Morgan fingerprint density at radius 2 is 1.89 bits per heavy atom. The zero-order chi connectivity index (χ0) is 25.8. The van der Waals surface area contributed by atoms with Gasteiger partial charge < -0.3 is 8.92 Å². The second-order valence-corrected chi connectivity index (χ2v) is 8.92. The molecule has 2 aromatic carbocycles. The summed E-state index contributed by atoms with van der Waals surface area (Å²) in [7, 11) is -2.80. The van der Waals surface area contributed by atoms with Gasteiger partial charge >= 0.3 is 16.3 Å². The van der Waals surface area contributed by atoms with Crippen LogP contribution in [0.3, 0.4) is 0 Å². The number of ether oxygens (including phenoxy) is 1. The minimum atomic E-state index is -4.60. The number of hydrogen-bond acceptors (Lipinski definition) is 7. The summed E-state index contributed by atoms with van der Waals surface area (Å²) in [5, 5.41) is 7.02. The zero-order valence-electron chi connectivity index (χ0n) is 18.8. The number of benzene rings is 2. The third-order valence-corrected chi connectivity index (χ3v) is 6.02. The molecule has 0 aliphatic carbocycles. The maximum atomic E-state index is 12.8. The Bertz CT molecular complexity index is 1370. The van der Waals surface area contributed by atoms with Gasteiger partial charge in [0.15, 0.2) is 17.2 Å². The van der Waals surface area contributed by atoms with Crippen molar-refractivity contribution in [3.8, 4) is 11.5 Å². The Labute approximate surface area is 199 Å². The summed E-state index contributed by atoms with van der Waals surface area (Å²) in [6.45, 7) is 2.95. The topological polar surface area (TPSA) is 112 Å². The SMILES string of the molecule is COc1cc(/C=N\NC(=O)Cn2ccc(C(F)(F)F)n2)ccc1OS(=O)(=O)c1cc(C)ccc1C. The second-order valence-electron chi connectivity index (χ2n) is 7.41. The van der Waals surface area contributed by atoms with E-state index in [1.165, 1.54) is 37.6 Å². The largest absolute Gasteiger partial charge is 0.493 e. The predicted octanol–water partition coefficient (Wildman–Crippen LogP) is 3.45. The van der Waals surface area contributed by atoms with Crippen LogP contribution in [0.4, 0.5) is 13.2 Å². The second kappa shape index (κ2) is 10.2. The molecular weight excluding hydrogens is 489 g/mol. The highest BCUT2D eigenvalue weighted by Crippen LogP contribution is 2.31. The molecule has 9 nitrogen and oxygen atoms in total. The number of aryl methyl sites for hydroxylation is 2. The quantitative estimate of drug-likeness (QED) is 0.282. The van der Waals surface area contributed by atoms with Crippen LogP contribution in [0.25, 0.3) is 0 Å². The molecule has 1 aromatic heterocycles. The highest BCUT2D eigenvalue weighted by molar-refractivity contribution is 7.87. The molecule has 0 spiro atoms. The molecule has 186 valence electrons. The van der Waals surface area contributed by atoms with Crippen LogP contribution in [0.1, 0.15) is 22.4 Å². The fourth-order valence-electron chi connectivity index (χ4n) is 2.94. The van der Waals surface area contributed by atoms with E-state index in [0.29, 0.717) is 11.1 Å². The number of nitrogens with zero attached hydrogens (tertiary/aromatic N) is 3. The normalized spacial score (nSPS) is 12.1. The van der Waals surface area contributed by atoms with Crippen molar-refractivity contribution in [2.24, 2.45) is 5.10 Å². The van der Waals surface area contributed by atoms with Crippen LogP contribution in [0, 0.1) is 13.8 Å². The van der Waals surface area contributed by atoms with Crippen molar-refractivity contribution in [2.75, 3.05) is 7.11 Å². The van der Waals surface area contributed by atoms with E-state index in [9.17, 15) is 26.4 Å². The molecule has 0 bridgehead atoms. The molecule has 0 radical (unpaired) electrons. The van der Waals surface area contributed by atoms with Gasteiger partial charge in [0, 0.05) is 6.20 Å². The van der Waals surface area contributed by atoms with Gasteiger partial charge in [-0.15, -0.1) is 0 Å². The molecule has 3 rings (SSSR count). The van der Waals surface area contributed by atoms with Crippen molar-refractivity contribution in [1.82, 2.24) is 15.2 Å². The van der Waals surface area contributed by atoms with E-state index in [-0.39, 0.29) is 16.4 Å². The van der Waals surface area contributed by atoms with Gasteiger partial charge in [-0.3, -0.25) is 9.48 Å². The first kappa shape index (κ1) is 25.7. The number of methoxy groups -OCH3 is 1. The molecule has 35 heavy (non-hydrogen) atoms. The lowest BCUT2D eigenvalue weighted by atomic mass is 10.2. The van der Waals surface area contributed by atoms with Gasteiger partial charge in [-0.1, -0.05) is 12.1 Å². The molecule has 0 atom stereocenters. The molecule has 0 aliphatic heterocycles. The van der Waals surface area contributed by atoms with Crippen LogP contribution in [-0.2, 0) is 27.6 Å². The van der Waals surface area contributed by atoms with Crippen LogP contribution in [0.15, 0.2) is 58.7 Å². The fraction of sp³-hybridized carbons (Fsp3) is 0.227. The van der Waals surface area contributed by atoms with E-state index in [1.54, 1.807) is 26.0 Å². The van der Waals surface area contributed by atoms with Crippen molar-refractivity contribution >= 4 is 22.2 Å². The third-order valence-electron chi connectivity index (χ3n) is 4.64. The van der Waals surface area contributed by atoms with Crippen LogP contribution in [0.2, 0.25) is 0 Å². The van der Waals surface area contributed by atoms with Gasteiger partial charge in [-0.2, -0.15) is 31.8 Å². The van der Waals surface area contributed by atoms with Gasteiger partial charge in [0.25, 0.3) is 5.91 Å². The number of hydrazone groups is 1. The van der Waals surface area contributed by atoms with Gasteiger partial charge in [0.05, 0.1) is 13.3 Å². The minimum absolute atomic E-state index is 0.0347. The molecule has 0 saturated carbocycles. The van der Waals surface area contributed by atoms with Gasteiger partial charge in [0.1, 0.15) is 11.4 Å². The van der Waals surface area contributed by atoms with Crippen molar-refractivity contribution < 1.29 is 35.3 Å². The maximum absolute atomic E-state index is 12.8. The lowest BCUT2D eigenvalue weighted by Gasteiger charge is -2.13. The summed E-state index contributed by atoms with van der Waals surface area (Å²) >= 11 is 0. The number of aromatic nitrogens is 2. The number of carbonyl (C=O) groups excluding carboxylic acids is 1. The molecule has 0 saturated heterocycles. The number of hydrogen-bond donors (Lipinski definition) is 1. The first-order valence-corrected chi connectivity index (χ1v) is 11.4. The first-order valence-electron chi connectivity index (χ1n) is 10.0. The average Bonchev–Trinajstić information content (AvgIpc) is 3.25. The number of alkyl halides is 3. The molecule has 0 unspecified atom stereocenters. The van der Waals surface area contributed by atoms with Crippen LogP contribution in [0.5, 0.6) is 11.5 Å². The molecule has 3 aromatic rings. The third kappa shape index (κ3) is 6.59. The number of carbonyl (C=O) groups is 1. The highest BCUT2D eigenvalue weighted by atomic mass is 32.2. The van der Waals surface area contributed by atoms with E-state index in [4.69, 9.17) is 8.92 Å². The monoisotopic (exact) mass is 510 g/mol. The number of amides is 1. The van der Waals surface area contributed by atoms with Gasteiger partial charge in [-0.25, -0.2) is 5.43 Å². The summed E-state index contributed by atoms with van der Waals surface area (Å²) in [4.78, 5) is 11.9. The van der Waals surface area contributed by atoms with E-state index >= 15 is 0 Å². The Kier molecular flexibility index (Phi) is 7.48. The lowest BCUT2D eigenvalue weighted by molar-refractivity contribution is -0.141. The summed E-state index contributed by atoms with van der Waals surface area (Å²) in [5.41, 5.74) is 2.77. The van der Waals surface area contributed by atoms with E-state index in [0.717, 1.165) is 22.5 Å². The molecule has 0 fully saturated rings. The number of nitrogens with one attached hydrogen (secondary N) is 1. The molecular formula is C22H21F3N4O5S. The van der Waals surface area contributed by atoms with Gasteiger partial charge in [-0.05, 0) is 60.9 Å². The summed E-state index contributed by atoms with van der Waals surface area (Å²) < 4.78 is 74.6. The van der Waals surface area contributed by atoms with Crippen molar-refractivity contribution in [3.05, 3.63) is 71.0 Å². The zero-order valence-corrected chi connectivity index (χ0v) is 19.6. The smallest absolute Gasteiger partial charge is 0.435 e. The lowest BCUT2D eigenvalue weighted by Crippen LogP contribution is -2.23. The maximum Gasteiger partial charge on any atom is 0.435 e. The van der Waals surface area contributed by atoms with Crippen LogP contribution in [-0.4, -0.2) is 37.4 Å². The molecule has 1 heterocycles. The van der Waals surface area contributed by atoms with Crippen molar-refractivity contribution in [3.63, 3.8) is 0 Å². The Balaban J connectivity index is 1.67. The van der Waals surface area contributed by atoms with Gasteiger partial charge in [0.2, 0.25) is 0 Å². The average molecular weight is 510 g/mol. The predicted molar refractivity (Wildman–Crippen MR) is 120 cm³/mol. The van der Waals surface area contributed by atoms with Crippen LogP contribution >= 0.6 is 0 Å². The molecule has 13 heteroatoms. The number of halogens is 3. The minimum Gasteiger partial charge on any atom is -0.493 e. The summed E-state index contributed by atoms with van der Waals surface area (Å²) in [6, 6.07) is 10.0. The molecule has 1 N–H and O–H groups in total. The summed E-state index contributed by atoms with van der Waals surface area (Å²) in [5.74, 6) is -0.649. The van der Waals surface area contributed by atoms with Crippen LogP contribution < -0.4 is 14.3 Å². The Hall–Kier alpha value is -3.87.